The maximum absolute atomic E-state index is 16.1. The van der Waals surface area contributed by atoms with E-state index in [1.54, 1.807) is 50.2 Å². The summed E-state index contributed by atoms with van der Waals surface area (Å²) in [6.45, 7) is 6.45. The van der Waals surface area contributed by atoms with Crippen LogP contribution in [0.15, 0.2) is 42.5 Å². The van der Waals surface area contributed by atoms with E-state index in [9.17, 15) is 24.6 Å². The highest BCUT2D eigenvalue weighted by molar-refractivity contribution is 6.72. The maximum Gasteiger partial charge on any atom is 0.264 e. The van der Waals surface area contributed by atoms with Crippen molar-refractivity contribution in [1.82, 2.24) is 4.90 Å². The molecule has 5 rings (SSSR count). The van der Waals surface area contributed by atoms with Crippen molar-refractivity contribution in [2.45, 2.75) is 75.7 Å². The quantitative estimate of drug-likeness (QED) is 0.355. The Labute approximate surface area is 240 Å². The van der Waals surface area contributed by atoms with E-state index >= 15 is 4.11 Å². The van der Waals surface area contributed by atoms with Gasteiger partial charge in [-0.25, -0.2) is 0 Å². The lowest BCUT2D eigenvalue weighted by atomic mass is 9.82. The Morgan fingerprint density at radius 3 is 2.54 bits per heavy atom. The first kappa shape index (κ1) is 29.4. The van der Waals surface area contributed by atoms with Gasteiger partial charge in [0.25, 0.3) is 11.8 Å². The molecule has 0 saturated carbocycles. The van der Waals surface area contributed by atoms with Crippen LogP contribution in [0.4, 0.5) is 15.5 Å². The molecule has 3 aliphatic rings. The zero-order valence-electron chi connectivity index (χ0n) is 24.1. The molecule has 0 unspecified atom stereocenters. The predicted octanol–water partition coefficient (Wildman–Crippen LogP) is 3.09. The molecule has 11 heteroatoms. The van der Waals surface area contributed by atoms with Crippen molar-refractivity contribution in [2.75, 3.05) is 23.9 Å². The highest BCUT2D eigenvalue weighted by Crippen LogP contribution is 2.60. The lowest BCUT2D eigenvalue weighted by Crippen LogP contribution is -2.48. The summed E-state index contributed by atoms with van der Waals surface area (Å²) in [5, 5.41) is 22.4. The number of anilines is 2. The summed E-state index contributed by atoms with van der Waals surface area (Å²) in [6, 6.07) is 12.4. The van der Waals surface area contributed by atoms with Gasteiger partial charge in [-0.3, -0.25) is 14.4 Å². The number of hydrogen-bond acceptors (Lipinski definition) is 6. The Morgan fingerprint density at radius 1 is 1.22 bits per heavy atom. The zero-order valence-corrected chi connectivity index (χ0v) is 25.1. The number of benzene rings is 2. The number of nitrogens with zero attached hydrogens (tertiary/aromatic N) is 2. The van der Waals surface area contributed by atoms with Gasteiger partial charge in [0.2, 0.25) is 14.3 Å². The minimum atomic E-state index is -3.49. The normalized spacial score (nSPS) is 28.0. The molecule has 6 atom stereocenters. The lowest BCUT2D eigenvalue weighted by molar-refractivity contribution is -0.150. The molecular weight excluding hydrogens is 545 g/mol. The first-order valence-electron chi connectivity index (χ1n) is 14.0. The molecule has 220 valence electrons. The fourth-order valence-corrected chi connectivity index (χ4v) is 9.50. The molecule has 0 radical (unpaired) electrons. The number of nitrogens with one attached hydrogen (secondary N) is 1. The van der Waals surface area contributed by atoms with Crippen molar-refractivity contribution in [3.05, 3.63) is 59.2 Å². The van der Waals surface area contributed by atoms with Crippen molar-refractivity contribution >= 4 is 37.5 Å². The average molecular weight is 584 g/mol. The number of carbonyl (C=O) groups is 3. The van der Waals surface area contributed by atoms with Gasteiger partial charge in [-0.15, -0.1) is 0 Å². The summed E-state index contributed by atoms with van der Waals surface area (Å²) < 4.78 is 22.7. The number of ether oxygens (including phenoxy) is 1. The maximum atomic E-state index is 16.1. The topological polar surface area (TPSA) is 119 Å². The SMILES string of the molecule is C[C@H](O)C(=O)Nc1ccc2c(c1)[C@@]1(O[C@H](CC(=O)N3Cc4ccccc4C[C@H]3CO)[C@@H]([Si](C)(C)F)[C@@H]1C)C(=O)N2C. The van der Waals surface area contributed by atoms with Crippen molar-refractivity contribution in [3.63, 3.8) is 0 Å². The molecule has 2 aromatic rings. The summed E-state index contributed by atoms with van der Waals surface area (Å²) in [5.74, 6) is -1.80. The number of fused-ring (bicyclic) bond motifs is 3. The van der Waals surface area contributed by atoms with Crippen LogP contribution in [-0.2, 0) is 37.7 Å². The van der Waals surface area contributed by atoms with Crippen LogP contribution in [0.5, 0.6) is 0 Å². The van der Waals surface area contributed by atoms with Gasteiger partial charge in [-0.05, 0) is 55.8 Å². The Balaban J connectivity index is 1.50. The van der Waals surface area contributed by atoms with Crippen LogP contribution in [0.25, 0.3) is 0 Å². The largest absolute Gasteiger partial charge is 0.394 e. The van der Waals surface area contributed by atoms with Gasteiger partial charge in [0.05, 0.1) is 30.9 Å². The molecule has 9 nitrogen and oxygen atoms in total. The molecule has 1 fully saturated rings. The summed E-state index contributed by atoms with van der Waals surface area (Å²) in [5.41, 5.74) is 1.34. The molecular formula is C30H38FN3O6Si. The number of likely N-dealkylation sites (N-methyl/N-ethyl adjacent to an activating group) is 1. The molecule has 0 aliphatic carbocycles. The average Bonchev–Trinajstić information content (AvgIpc) is 3.33. The predicted molar refractivity (Wildman–Crippen MR) is 154 cm³/mol. The molecule has 0 bridgehead atoms. The van der Waals surface area contributed by atoms with Crippen LogP contribution < -0.4 is 10.2 Å². The fraction of sp³-hybridized carbons (Fsp3) is 0.500. The Kier molecular flexibility index (Phi) is 7.60. The van der Waals surface area contributed by atoms with Crippen LogP contribution in [0.2, 0.25) is 18.6 Å². The summed E-state index contributed by atoms with van der Waals surface area (Å²) in [4.78, 5) is 43.0. The van der Waals surface area contributed by atoms with Crippen LogP contribution in [0.1, 0.15) is 37.0 Å². The molecule has 2 aromatic carbocycles. The molecule has 1 saturated heterocycles. The molecule has 0 aromatic heterocycles. The van der Waals surface area contributed by atoms with Gasteiger partial charge in [0.15, 0.2) is 5.60 Å². The van der Waals surface area contributed by atoms with E-state index in [-0.39, 0.29) is 24.8 Å². The van der Waals surface area contributed by atoms with E-state index < -0.39 is 49.6 Å². The minimum Gasteiger partial charge on any atom is -0.394 e. The van der Waals surface area contributed by atoms with E-state index in [0.717, 1.165) is 11.1 Å². The third-order valence-corrected chi connectivity index (χ3v) is 11.5. The fourth-order valence-electron chi connectivity index (χ4n) is 7.01. The number of hydrogen-bond donors (Lipinski definition) is 3. The van der Waals surface area contributed by atoms with Gasteiger partial charge < -0.3 is 34.2 Å². The van der Waals surface area contributed by atoms with Crippen molar-refractivity contribution in [2.24, 2.45) is 5.92 Å². The second kappa shape index (κ2) is 10.6. The standard InChI is InChI=1S/C30H38FN3O6Si/c1-17-27(41(4,5)31)25(14-26(37)34-15-20-9-7-6-8-19(20)12-22(34)16-35)40-30(17)23-13-21(32-28(38)18(2)36)10-11-24(23)33(3)29(30)39/h6-11,13,17-18,22,25,27,35-36H,12,14-16H2,1-5H3,(H,32,38)/t17-,18-,22-,25+,27-,30+/m0/s1. The summed E-state index contributed by atoms with van der Waals surface area (Å²) >= 11 is 0. The van der Waals surface area contributed by atoms with Crippen LogP contribution in [0, 0.1) is 5.92 Å². The van der Waals surface area contributed by atoms with Gasteiger partial charge in [-0.1, -0.05) is 31.2 Å². The highest BCUT2D eigenvalue weighted by atomic mass is 28.4. The smallest absolute Gasteiger partial charge is 0.264 e. The number of halogens is 1. The molecule has 3 aliphatic heterocycles. The second-order valence-corrected chi connectivity index (χ2v) is 15.9. The van der Waals surface area contributed by atoms with Gasteiger partial charge in [-0.2, -0.15) is 0 Å². The molecule has 41 heavy (non-hydrogen) atoms. The number of rotatable bonds is 6. The minimum absolute atomic E-state index is 0.124. The highest BCUT2D eigenvalue weighted by Gasteiger charge is 2.66. The van der Waals surface area contributed by atoms with E-state index in [1.807, 2.05) is 24.3 Å². The number of amides is 3. The first-order valence-corrected chi connectivity index (χ1v) is 17.0. The Hall–Kier alpha value is -3.12. The van der Waals surface area contributed by atoms with Gasteiger partial charge >= 0.3 is 0 Å². The number of aliphatic hydroxyl groups is 2. The van der Waals surface area contributed by atoms with E-state index in [0.29, 0.717) is 29.9 Å². The number of carbonyl (C=O) groups excluding carboxylic acids is 3. The number of aliphatic hydroxyl groups excluding tert-OH is 2. The van der Waals surface area contributed by atoms with Crippen molar-refractivity contribution in [1.29, 1.82) is 0 Å². The van der Waals surface area contributed by atoms with Crippen LogP contribution in [-0.4, -0.2) is 73.1 Å². The van der Waals surface area contributed by atoms with E-state index in [2.05, 4.69) is 5.32 Å². The van der Waals surface area contributed by atoms with E-state index in [4.69, 9.17) is 4.74 Å². The summed E-state index contributed by atoms with van der Waals surface area (Å²) in [6.07, 6.45) is -1.69. The Morgan fingerprint density at radius 2 is 1.90 bits per heavy atom. The first-order chi connectivity index (χ1) is 19.3. The molecule has 3 heterocycles. The van der Waals surface area contributed by atoms with Gasteiger partial charge in [0.1, 0.15) is 6.10 Å². The zero-order chi connectivity index (χ0) is 29.9. The third kappa shape index (κ3) is 4.88. The second-order valence-electron chi connectivity index (χ2n) is 12.1. The Bertz CT molecular complexity index is 1380. The molecule has 1 spiro atoms. The van der Waals surface area contributed by atoms with Gasteiger partial charge in [0, 0.05) is 36.3 Å². The monoisotopic (exact) mass is 583 g/mol. The van der Waals surface area contributed by atoms with Crippen molar-refractivity contribution in [3.8, 4) is 0 Å². The molecule has 3 N–H and O–H groups in total. The summed E-state index contributed by atoms with van der Waals surface area (Å²) in [7, 11) is -1.86. The van der Waals surface area contributed by atoms with Crippen LogP contribution >= 0.6 is 0 Å². The van der Waals surface area contributed by atoms with Crippen molar-refractivity contribution < 1.29 is 33.4 Å². The van der Waals surface area contributed by atoms with E-state index in [1.165, 1.54) is 11.8 Å². The third-order valence-electron chi connectivity index (χ3n) is 9.00. The molecule has 3 amide bonds. The van der Waals surface area contributed by atoms with Crippen LogP contribution in [0.3, 0.4) is 0 Å². The lowest BCUT2D eigenvalue weighted by Gasteiger charge is -2.37.